The van der Waals surface area contributed by atoms with E-state index in [0.29, 0.717) is 11.4 Å². The first-order valence-electron chi connectivity index (χ1n) is 11.9. The molecule has 4 aromatic rings. The Kier molecular flexibility index (Phi) is 5.43. The number of benzene rings is 1. The molecule has 0 radical (unpaired) electrons. The minimum absolute atomic E-state index is 0.245. The fourth-order valence-electron chi connectivity index (χ4n) is 4.70. The Morgan fingerprint density at radius 1 is 0.971 bits per heavy atom. The molecule has 0 atom stereocenters. The van der Waals surface area contributed by atoms with E-state index in [0.717, 1.165) is 60.6 Å². The minimum Gasteiger partial charge on any atom is -0.356 e. The van der Waals surface area contributed by atoms with Crippen LogP contribution in [0, 0.1) is 0 Å². The molecule has 0 bridgehead atoms. The van der Waals surface area contributed by atoms with Crippen LogP contribution in [0.15, 0.2) is 55.0 Å². The Balaban J connectivity index is 1.25. The second-order valence-electron chi connectivity index (χ2n) is 9.10. The minimum atomic E-state index is -0.245. The van der Waals surface area contributed by atoms with Crippen LogP contribution in [0.4, 0.5) is 11.5 Å². The van der Waals surface area contributed by atoms with Crippen molar-refractivity contribution in [1.29, 1.82) is 0 Å². The highest BCUT2D eigenvalue weighted by atomic mass is 16.1. The van der Waals surface area contributed by atoms with Crippen molar-refractivity contribution in [3.05, 3.63) is 66.2 Å². The Labute approximate surface area is 198 Å². The molecule has 6 rings (SSSR count). The molecule has 1 amide bonds. The summed E-state index contributed by atoms with van der Waals surface area (Å²) in [4.78, 5) is 26.7. The molecule has 0 aliphatic carbocycles. The number of fused-ring (bicyclic) bond motifs is 1. The van der Waals surface area contributed by atoms with E-state index in [4.69, 9.17) is 0 Å². The van der Waals surface area contributed by atoms with E-state index in [-0.39, 0.29) is 5.91 Å². The summed E-state index contributed by atoms with van der Waals surface area (Å²) in [5, 5.41) is 11.1. The Bertz CT molecular complexity index is 1340. The quantitative estimate of drug-likeness (QED) is 0.457. The van der Waals surface area contributed by atoms with E-state index in [1.807, 2.05) is 36.7 Å². The summed E-state index contributed by atoms with van der Waals surface area (Å²) in [5.41, 5.74) is 5.18. The van der Waals surface area contributed by atoms with Gasteiger partial charge < -0.3 is 10.2 Å². The molecule has 2 aliphatic rings. The maximum Gasteiger partial charge on any atom is 0.276 e. The molecular weight excluding hydrogens is 426 g/mol. The van der Waals surface area contributed by atoms with Gasteiger partial charge in [0.15, 0.2) is 5.69 Å². The van der Waals surface area contributed by atoms with Crippen LogP contribution in [0.25, 0.3) is 22.0 Å². The van der Waals surface area contributed by atoms with Crippen molar-refractivity contribution in [3.63, 3.8) is 0 Å². The SMILES string of the molecule is O=C(Nc1ccnc(N2CCC2)c1)c1n[nH]c2ccc(-c3cncc(CN4CCCC4)c3)cc12. The molecule has 5 heterocycles. The van der Waals surface area contributed by atoms with Crippen molar-refractivity contribution < 1.29 is 4.79 Å². The van der Waals surface area contributed by atoms with E-state index in [1.54, 1.807) is 12.3 Å². The Hall–Kier alpha value is -3.78. The zero-order chi connectivity index (χ0) is 22.9. The molecule has 172 valence electrons. The molecule has 2 fully saturated rings. The zero-order valence-corrected chi connectivity index (χ0v) is 19.0. The number of anilines is 2. The first kappa shape index (κ1) is 20.8. The normalized spacial score (nSPS) is 16.1. The topological polar surface area (TPSA) is 90.0 Å². The summed E-state index contributed by atoms with van der Waals surface area (Å²) in [6, 6.07) is 11.9. The Morgan fingerprint density at radius 2 is 1.85 bits per heavy atom. The zero-order valence-electron chi connectivity index (χ0n) is 19.0. The number of aromatic amines is 1. The number of carbonyl (C=O) groups excluding carboxylic acids is 1. The van der Waals surface area contributed by atoms with Crippen LogP contribution < -0.4 is 10.2 Å². The molecule has 34 heavy (non-hydrogen) atoms. The van der Waals surface area contributed by atoms with Gasteiger partial charge in [0.05, 0.1) is 5.52 Å². The molecule has 0 spiro atoms. The molecule has 8 heteroatoms. The van der Waals surface area contributed by atoms with Crippen molar-refractivity contribution in [1.82, 2.24) is 25.1 Å². The fourth-order valence-corrected chi connectivity index (χ4v) is 4.70. The maximum absolute atomic E-state index is 13.1. The smallest absolute Gasteiger partial charge is 0.276 e. The van der Waals surface area contributed by atoms with Crippen LogP contribution >= 0.6 is 0 Å². The Morgan fingerprint density at radius 3 is 2.68 bits per heavy atom. The van der Waals surface area contributed by atoms with Gasteiger partial charge in [-0.1, -0.05) is 6.07 Å². The predicted octanol–water partition coefficient (Wildman–Crippen LogP) is 4.08. The first-order valence-corrected chi connectivity index (χ1v) is 11.9. The van der Waals surface area contributed by atoms with E-state index in [9.17, 15) is 4.79 Å². The van der Waals surface area contributed by atoms with Gasteiger partial charge in [0.1, 0.15) is 5.82 Å². The van der Waals surface area contributed by atoms with E-state index in [1.165, 1.54) is 24.8 Å². The van der Waals surface area contributed by atoms with E-state index in [2.05, 4.69) is 41.3 Å². The number of rotatable bonds is 6. The van der Waals surface area contributed by atoms with E-state index >= 15 is 0 Å². The van der Waals surface area contributed by atoms with Crippen molar-refractivity contribution >= 4 is 28.3 Å². The molecular formula is C26H27N7O. The molecule has 2 aliphatic heterocycles. The number of nitrogens with one attached hydrogen (secondary N) is 2. The molecule has 2 N–H and O–H groups in total. The van der Waals surface area contributed by atoms with Gasteiger partial charge in [-0.15, -0.1) is 0 Å². The van der Waals surface area contributed by atoms with Gasteiger partial charge >= 0.3 is 0 Å². The van der Waals surface area contributed by atoms with E-state index < -0.39 is 0 Å². The summed E-state index contributed by atoms with van der Waals surface area (Å²) in [7, 11) is 0. The number of hydrogen-bond acceptors (Lipinski definition) is 6. The van der Waals surface area contributed by atoms with Crippen molar-refractivity contribution in [2.45, 2.75) is 25.8 Å². The van der Waals surface area contributed by atoms with Crippen LogP contribution in [0.1, 0.15) is 35.3 Å². The van der Waals surface area contributed by atoms with Gasteiger partial charge in [0.25, 0.3) is 5.91 Å². The number of carbonyl (C=O) groups is 1. The maximum atomic E-state index is 13.1. The number of H-pyrrole nitrogens is 1. The third-order valence-corrected chi connectivity index (χ3v) is 6.69. The number of hydrogen-bond donors (Lipinski definition) is 2. The summed E-state index contributed by atoms with van der Waals surface area (Å²) >= 11 is 0. The summed E-state index contributed by atoms with van der Waals surface area (Å²) < 4.78 is 0. The second-order valence-corrected chi connectivity index (χ2v) is 9.10. The fraction of sp³-hybridized carbons (Fsp3) is 0.308. The number of aromatic nitrogens is 4. The van der Waals surface area contributed by atoms with Gasteiger partial charge in [-0.3, -0.25) is 19.8 Å². The predicted molar refractivity (Wildman–Crippen MR) is 133 cm³/mol. The molecule has 0 unspecified atom stereocenters. The lowest BCUT2D eigenvalue weighted by Crippen LogP contribution is -2.37. The van der Waals surface area contributed by atoms with Gasteiger partial charge in [0, 0.05) is 60.9 Å². The lowest BCUT2D eigenvalue weighted by molar-refractivity contribution is 0.102. The summed E-state index contributed by atoms with van der Waals surface area (Å²) in [6.45, 7) is 5.24. The van der Waals surface area contributed by atoms with Gasteiger partial charge in [-0.05, 0) is 67.7 Å². The summed E-state index contributed by atoms with van der Waals surface area (Å²) in [5.74, 6) is 0.643. The van der Waals surface area contributed by atoms with Gasteiger partial charge in [-0.2, -0.15) is 5.10 Å². The lowest BCUT2D eigenvalue weighted by atomic mass is 10.0. The highest BCUT2D eigenvalue weighted by Crippen LogP contribution is 2.27. The monoisotopic (exact) mass is 453 g/mol. The van der Waals surface area contributed by atoms with Crippen LogP contribution in [0.5, 0.6) is 0 Å². The average Bonchev–Trinajstić information content (AvgIpc) is 3.48. The van der Waals surface area contributed by atoms with Gasteiger partial charge in [-0.25, -0.2) is 4.98 Å². The number of nitrogens with zero attached hydrogens (tertiary/aromatic N) is 5. The molecule has 0 saturated carbocycles. The third kappa shape index (κ3) is 4.12. The highest BCUT2D eigenvalue weighted by Gasteiger charge is 2.19. The molecule has 8 nitrogen and oxygen atoms in total. The highest BCUT2D eigenvalue weighted by molar-refractivity contribution is 6.11. The van der Waals surface area contributed by atoms with Crippen LogP contribution in [-0.4, -0.2) is 57.2 Å². The van der Waals surface area contributed by atoms with Gasteiger partial charge in [0.2, 0.25) is 0 Å². The van der Waals surface area contributed by atoms with Crippen LogP contribution in [0.3, 0.4) is 0 Å². The molecule has 2 saturated heterocycles. The first-order chi connectivity index (χ1) is 16.7. The number of amides is 1. The van der Waals surface area contributed by atoms with Crippen molar-refractivity contribution in [3.8, 4) is 11.1 Å². The van der Waals surface area contributed by atoms with Crippen molar-refractivity contribution in [2.24, 2.45) is 0 Å². The third-order valence-electron chi connectivity index (χ3n) is 6.69. The summed E-state index contributed by atoms with van der Waals surface area (Å²) in [6.07, 6.45) is 9.27. The largest absolute Gasteiger partial charge is 0.356 e. The molecule has 3 aromatic heterocycles. The standard InChI is InChI=1S/C26H27N7O/c34-26(29-21-6-7-28-24(14-21)33-10-3-11-33)25-22-13-19(4-5-23(22)30-31-25)20-12-18(15-27-16-20)17-32-8-1-2-9-32/h4-7,12-16H,1-3,8-11,17H2,(H,30,31)(H,28,29,34). The average molecular weight is 454 g/mol. The van der Waals surface area contributed by atoms with Crippen LogP contribution in [0.2, 0.25) is 0 Å². The van der Waals surface area contributed by atoms with Crippen molar-refractivity contribution in [2.75, 3.05) is 36.4 Å². The second kappa shape index (κ2) is 8.87. The number of likely N-dealkylation sites (tertiary alicyclic amines) is 1. The number of pyridine rings is 2. The lowest BCUT2D eigenvalue weighted by Gasteiger charge is -2.32. The molecule has 1 aromatic carbocycles. The van der Waals surface area contributed by atoms with Crippen LogP contribution in [-0.2, 0) is 6.54 Å².